The van der Waals surface area contributed by atoms with E-state index in [1.807, 2.05) is 0 Å². The smallest absolute Gasteiger partial charge is 0.283 e. The molecule has 1 rings (SSSR count). The first kappa shape index (κ1) is 17.2. The summed E-state index contributed by atoms with van der Waals surface area (Å²) in [7, 11) is -2.95. The van der Waals surface area contributed by atoms with Gasteiger partial charge in [-0.15, -0.1) is 0 Å². The van der Waals surface area contributed by atoms with Gasteiger partial charge in [0.05, 0.1) is 17.6 Å². The van der Waals surface area contributed by atoms with E-state index in [-0.39, 0.29) is 11.3 Å². The Balaban J connectivity index is 2.64. The average Bonchev–Trinajstić information content (AvgIpc) is 2.37. The lowest BCUT2D eigenvalue weighted by Gasteiger charge is -2.10. The van der Waals surface area contributed by atoms with Crippen LogP contribution in [0.4, 0.5) is 5.69 Å². The summed E-state index contributed by atoms with van der Waals surface area (Å²) < 4.78 is 23.9. The lowest BCUT2D eigenvalue weighted by Crippen LogP contribution is -2.24. The van der Waals surface area contributed by atoms with E-state index in [0.29, 0.717) is 29.7 Å². The van der Waals surface area contributed by atoms with Crippen LogP contribution in [-0.2, 0) is 16.4 Å². The third-order valence-electron chi connectivity index (χ3n) is 2.72. The van der Waals surface area contributed by atoms with Crippen LogP contribution in [0.3, 0.4) is 0 Å². The molecule has 0 atom stereocenters. The molecule has 8 heteroatoms. The zero-order valence-electron chi connectivity index (χ0n) is 11.7. The Labute approximate surface area is 127 Å². The van der Waals surface area contributed by atoms with Gasteiger partial charge in [-0.2, -0.15) is 5.10 Å². The second-order valence-corrected chi connectivity index (χ2v) is 7.72. The molecule has 0 aliphatic heterocycles. The minimum atomic E-state index is -2.95. The fourth-order valence-corrected chi connectivity index (χ4v) is 2.73. The summed E-state index contributed by atoms with van der Waals surface area (Å²) in [5, 5.41) is 7.12. The van der Waals surface area contributed by atoms with Crippen molar-refractivity contribution in [3.05, 3.63) is 21.0 Å². The van der Waals surface area contributed by atoms with Crippen molar-refractivity contribution in [1.82, 2.24) is 9.78 Å². The first-order valence-corrected chi connectivity index (χ1v) is 9.37. The zero-order chi connectivity index (χ0) is 15.2. The summed E-state index contributed by atoms with van der Waals surface area (Å²) in [6.45, 7) is 3.13. The van der Waals surface area contributed by atoms with Crippen LogP contribution in [0.1, 0.15) is 26.2 Å². The number of nitrogens with zero attached hydrogens (tertiary/aromatic N) is 2. The van der Waals surface area contributed by atoms with Gasteiger partial charge in [-0.1, -0.05) is 13.3 Å². The van der Waals surface area contributed by atoms with Gasteiger partial charge < -0.3 is 5.32 Å². The summed E-state index contributed by atoms with van der Waals surface area (Å²) in [6.07, 6.45) is 5.18. The predicted molar refractivity (Wildman–Crippen MR) is 83.9 cm³/mol. The molecule has 1 N–H and O–H groups in total. The van der Waals surface area contributed by atoms with E-state index in [0.717, 1.165) is 12.8 Å². The van der Waals surface area contributed by atoms with Crippen molar-refractivity contribution >= 4 is 31.5 Å². The molecule has 0 spiro atoms. The maximum absolute atomic E-state index is 12.0. The maximum Gasteiger partial charge on any atom is 0.283 e. The van der Waals surface area contributed by atoms with Gasteiger partial charge in [-0.25, -0.2) is 13.1 Å². The van der Waals surface area contributed by atoms with Crippen molar-refractivity contribution in [1.29, 1.82) is 0 Å². The van der Waals surface area contributed by atoms with Gasteiger partial charge in [0.2, 0.25) is 0 Å². The van der Waals surface area contributed by atoms with Crippen molar-refractivity contribution in [2.24, 2.45) is 0 Å². The Morgan fingerprint density at radius 2 is 2.10 bits per heavy atom. The molecule has 0 bridgehead atoms. The summed E-state index contributed by atoms with van der Waals surface area (Å²) in [6, 6.07) is 0. The zero-order valence-corrected chi connectivity index (χ0v) is 14.1. The SMILES string of the molecule is CCCCn1ncc(NCCCS(C)(=O)=O)c(Br)c1=O. The first-order valence-electron chi connectivity index (χ1n) is 6.52. The molecule has 0 saturated heterocycles. The minimum absolute atomic E-state index is 0.124. The molecule has 0 fully saturated rings. The van der Waals surface area contributed by atoms with E-state index in [1.54, 1.807) is 6.20 Å². The third-order valence-corrected chi connectivity index (χ3v) is 4.51. The average molecular weight is 366 g/mol. The Kier molecular flexibility index (Phi) is 6.67. The number of anilines is 1. The number of aromatic nitrogens is 2. The summed E-state index contributed by atoms with van der Waals surface area (Å²) in [5.41, 5.74) is 0.419. The second kappa shape index (κ2) is 7.78. The number of sulfone groups is 1. The molecule has 0 aliphatic rings. The Bertz CT molecular complexity index is 598. The molecule has 1 aromatic rings. The number of hydrogen-bond acceptors (Lipinski definition) is 5. The molecule has 0 amide bonds. The van der Waals surface area contributed by atoms with Crippen molar-refractivity contribution in [3.63, 3.8) is 0 Å². The van der Waals surface area contributed by atoms with Gasteiger partial charge >= 0.3 is 0 Å². The fraction of sp³-hybridized carbons (Fsp3) is 0.667. The number of halogens is 1. The van der Waals surface area contributed by atoms with Crippen molar-refractivity contribution < 1.29 is 8.42 Å². The standard InChI is InChI=1S/C12H20BrN3O3S/c1-3-4-7-16-12(17)11(13)10(9-15-16)14-6-5-8-20(2,18)19/h9,14H,3-8H2,1-2H3. The largest absolute Gasteiger partial charge is 0.383 e. The highest BCUT2D eigenvalue weighted by atomic mass is 79.9. The molecule has 6 nitrogen and oxygen atoms in total. The topological polar surface area (TPSA) is 81.1 Å². The molecule has 114 valence electrons. The van der Waals surface area contributed by atoms with Crippen LogP contribution in [0, 0.1) is 0 Å². The fourth-order valence-electron chi connectivity index (χ4n) is 1.61. The molecule has 20 heavy (non-hydrogen) atoms. The summed E-state index contributed by atoms with van der Waals surface area (Å²) in [5.74, 6) is 0.124. The van der Waals surface area contributed by atoms with E-state index in [9.17, 15) is 13.2 Å². The molecule has 0 radical (unpaired) electrons. The van der Waals surface area contributed by atoms with E-state index in [4.69, 9.17) is 0 Å². The summed E-state index contributed by atoms with van der Waals surface area (Å²) in [4.78, 5) is 12.0. The van der Waals surface area contributed by atoms with E-state index in [1.165, 1.54) is 10.9 Å². The highest BCUT2D eigenvalue weighted by Crippen LogP contribution is 2.16. The van der Waals surface area contributed by atoms with Crippen LogP contribution in [-0.4, -0.2) is 36.8 Å². The van der Waals surface area contributed by atoms with Crippen molar-refractivity contribution in [3.8, 4) is 0 Å². The van der Waals surface area contributed by atoms with Crippen molar-refractivity contribution in [2.75, 3.05) is 23.9 Å². The normalized spacial score (nSPS) is 11.6. The monoisotopic (exact) mass is 365 g/mol. The van der Waals surface area contributed by atoms with Crippen LogP contribution < -0.4 is 10.9 Å². The molecular weight excluding hydrogens is 346 g/mol. The van der Waals surface area contributed by atoms with Gasteiger partial charge in [-0.3, -0.25) is 4.79 Å². The van der Waals surface area contributed by atoms with Crippen LogP contribution in [0.25, 0.3) is 0 Å². The van der Waals surface area contributed by atoms with Crippen LogP contribution in [0.15, 0.2) is 15.5 Å². The van der Waals surface area contributed by atoms with Crippen molar-refractivity contribution in [2.45, 2.75) is 32.7 Å². The Hall–Kier alpha value is -0.890. The molecular formula is C12H20BrN3O3S. The molecule has 0 aliphatic carbocycles. The number of nitrogens with one attached hydrogen (secondary N) is 1. The predicted octanol–water partition coefficient (Wildman–Crippen LogP) is 1.65. The quantitative estimate of drug-likeness (QED) is 0.708. The molecule has 1 heterocycles. The van der Waals surface area contributed by atoms with Crippen LogP contribution in [0.2, 0.25) is 0 Å². The Morgan fingerprint density at radius 3 is 2.70 bits per heavy atom. The van der Waals surface area contributed by atoms with E-state index < -0.39 is 9.84 Å². The molecule has 0 unspecified atom stereocenters. The molecule has 1 aromatic heterocycles. The number of unbranched alkanes of at least 4 members (excludes halogenated alkanes) is 1. The maximum atomic E-state index is 12.0. The van der Waals surface area contributed by atoms with Gasteiger partial charge in [0.1, 0.15) is 14.3 Å². The first-order chi connectivity index (χ1) is 9.35. The molecule has 0 saturated carbocycles. The number of hydrogen-bond donors (Lipinski definition) is 1. The third kappa shape index (κ3) is 5.62. The second-order valence-electron chi connectivity index (χ2n) is 4.66. The molecule has 0 aromatic carbocycles. The lowest BCUT2D eigenvalue weighted by molar-refractivity contribution is 0.541. The van der Waals surface area contributed by atoms with Crippen LogP contribution in [0.5, 0.6) is 0 Å². The summed E-state index contributed by atoms with van der Waals surface area (Å²) >= 11 is 3.26. The number of rotatable bonds is 8. The highest BCUT2D eigenvalue weighted by molar-refractivity contribution is 9.10. The lowest BCUT2D eigenvalue weighted by atomic mass is 10.3. The van der Waals surface area contributed by atoms with Gasteiger partial charge in [0, 0.05) is 19.3 Å². The van der Waals surface area contributed by atoms with E-state index >= 15 is 0 Å². The van der Waals surface area contributed by atoms with Gasteiger partial charge in [-0.05, 0) is 28.8 Å². The van der Waals surface area contributed by atoms with Gasteiger partial charge in [0.25, 0.3) is 5.56 Å². The Morgan fingerprint density at radius 1 is 1.40 bits per heavy atom. The van der Waals surface area contributed by atoms with Crippen LogP contribution >= 0.6 is 15.9 Å². The minimum Gasteiger partial charge on any atom is -0.383 e. The highest BCUT2D eigenvalue weighted by Gasteiger charge is 2.08. The van der Waals surface area contributed by atoms with E-state index in [2.05, 4.69) is 33.3 Å². The number of aryl methyl sites for hydroxylation is 1. The van der Waals surface area contributed by atoms with Gasteiger partial charge in [0.15, 0.2) is 0 Å².